The second kappa shape index (κ2) is 10.3. The quantitative estimate of drug-likeness (QED) is 0.517. The highest BCUT2D eigenvalue weighted by atomic mass is 79.9. The molecule has 0 aromatic heterocycles. The van der Waals surface area contributed by atoms with Crippen LogP contribution in [0.2, 0.25) is 0 Å². The van der Waals surface area contributed by atoms with Gasteiger partial charge in [0.1, 0.15) is 23.2 Å². The van der Waals surface area contributed by atoms with Gasteiger partial charge in [0.15, 0.2) is 6.29 Å². The summed E-state index contributed by atoms with van der Waals surface area (Å²) in [5, 5.41) is 4.25. The van der Waals surface area contributed by atoms with Gasteiger partial charge in [0.2, 0.25) is 0 Å². The molecule has 2 nitrogen and oxygen atoms in total. The molecule has 146 valence electrons. The molecule has 0 saturated carbocycles. The molecule has 0 amide bonds. The molecule has 3 aromatic carbocycles. The fourth-order valence-corrected chi connectivity index (χ4v) is 8.19. The minimum absolute atomic E-state index is 0. The third-order valence-electron chi connectivity index (χ3n) is 5.19. The Labute approximate surface area is 179 Å². The first kappa shape index (κ1) is 21.2. The highest BCUT2D eigenvalue weighted by molar-refractivity contribution is 7.95. The molecule has 1 aliphatic rings. The normalized spacial score (nSPS) is 15.0. The smallest absolute Gasteiger partial charge is 0.161 e. The Balaban J connectivity index is 0.00000225. The van der Waals surface area contributed by atoms with Crippen molar-refractivity contribution in [1.82, 2.24) is 0 Å². The van der Waals surface area contributed by atoms with Gasteiger partial charge in [-0.25, -0.2) is 0 Å². The predicted octanol–water partition coefficient (Wildman–Crippen LogP) is 1.14. The molecule has 1 aliphatic heterocycles. The Bertz CT molecular complexity index is 724. The summed E-state index contributed by atoms with van der Waals surface area (Å²) in [6.45, 7) is 1.61. The van der Waals surface area contributed by atoms with Crippen LogP contribution in [-0.4, -0.2) is 25.7 Å². The largest absolute Gasteiger partial charge is 1.00 e. The van der Waals surface area contributed by atoms with Gasteiger partial charge >= 0.3 is 0 Å². The minimum atomic E-state index is -1.78. The number of ether oxygens (including phenoxy) is 2. The van der Waals surface area contributed by atoms with Gasteiger partial charge < -0.3 is 26.5 Å². The van der Waals surface area contributed by atoms with Crippen LogP contribution in [0.1, 0.15) is 12.8 Å². The van der Waals surface area contributed by atoms with E-state index in [2.05, 4.69) is 91.0 Å². The molecule has 4 rings (SSSR count). The molecule has 4 heteroatoms. The number of halogens is 1. The molecular formula is C24H26BrO2P. The Morgan fingerprint density at radius 3 is 1.43 bits per heavy atom. The zero-order valence-electron chi connectivity index (χ0n) is 15.9. The van der Waals surface area contributed by atoms with E-state index in [0.29, 0.717) is 0 Å². The van der Waals surface area contributed by atoms with Crippen molar-refractivity contribution in [3.05, 3.63) is 91.0 Å². The molecule has 0 radical (unpaired) electrons. The van der Waals surface area contributed by atoms with Crippen molar-refractivity contribution in [2.45, 2.75) is 19.1 Å². The number of hydrogen-bond donors (Lipinski definition) is 0. The standard InChI is InChI=1S/C24H26O2P.BrH/c1-4-11-21(12-5-1)27(22-13-6-2-7-14-22,23-15-8-3-9-16-23)20-17-24-25-18-10-19-26-24;/h1-9,11-16,24H,10,17-20H2;1H/q+1;/p-1. The first-order chi connectivity index (χ1) is 13.4. The van der Waals surface area contributed by atoms with E-state index < -0.39 is 7.26 Å². The maximum Gasteiger partial charge on any atom is 0.161 e. The molecule has 0 aliphatic carbocycles. The zero-order valence-corrected chi connectivity index (χ0v) is 18.4. The van der Waals surface area contributed by atoms with Gasteiger partial charge in [-0.2, -0.15) is 0 Å². The van der Waals surface area contributed by atoms with Gasteiger partial charge in [0.25, 0.3) is 0 Å². The van der Waals surface area contributed by atoms with Gasteiger partial charge in [0, 0.05) is 6.42 Å². The maximum absolute atomic E-state index is 5.88. The van der Waals surface area contributed by atoms with Gasteiger partial charge in [-0.05, 0) is 42.8 Å². The van der Waals surface area contributed by atoms with E-state index in [1.54, 1.807) is 0 Å². The molecule has 1 heterocycles. The first-order valence-electron chi connectivity index (χ1n) is 9.68. The lowest BCUT2D eigenvalue weighted by molar-refractivity contribution is -0.178. The van der Waals surface area contributed by atoms with Gasteiger partial charge in [-0.15, -0.1) is 0 Å². The second-order valence-electron chi connectivity index (χ2n) is 6.85. The lowest BCUT2D eigenvalue weighted by atomic mass is 10.3. The van der Waals surface area contributed by atoms with Crippen molar-refractivity contribution in [3.63, 3.8) is 0 Å². The maximum atomic E-state index is 5.88. The molecule has 0 atom stereocenters. The molecule has 28 heavy (non-hydrogen) atoms. The Kier molecular flexibility index (Phi) is 7.82. The summed E-state index contributed by atoms with van der Waals surface area (Å²) in [6, 6.07) is 33.0. The second-order valence-corrected chi connectivity index (χ2v) is 10.5. The zero-order chi connectivity index (χ0) is 18.4. The van der Waals surface area contributed by atoms with E-state index in [9.17, 15) is 0 Å². The monoisotopic (exact) mass is 456 g/mol. The molecule has 1 saturated heterocycles. The van der Waals surface area contributed by atoms with Crippen molar-refractivity contribution in [1.29, 1.82) is 0 Å². The average Bonchev–Trinajstić information content (AvgIpc) is 2.77. The molecule has 0 bridgehead atoms. The van der Waals surface area contributed by atoms with Crippen molar-refractivity contribution < 1.29 is 26.5 Å². The van der Waals surface area contributed by atoms with E-state index >= 15 is 0 Å². The highest BCUT2D eigenvalue weighted by Crippen LogP contribution is 2.56. The Morgan fingerprint density at radius 2 is 1.04 bits per heavy atom. The van der Waals surface area contributed by atoms with E-state index in [-0.39, 0.29) is 23.3 Å². The van der Waals surface area contributed by atoms with Crippen molar-refractivity contribution in [2.24, 2.45) is 0 Å². The van der Waals surface area contributed by atoms with E-state index in [4.69, 9.17) is 9.47 Å². The van der Waals surface area contributed by atoms with Crippen molar-refractivity contribution >= 4 is 23.2 Å². The lowest BCUT2D eigenvalue weighted by Crippen LogP contribution is -3.00. The van der Waals surface area contributed by atoms with Crippen LogP contribution in [0.5, 0.6) is 0 Å². The fourth-order valence-electron chi connectivity index (χ4n) is 3.88. The molecular weight excluding hydrogens is 431 g/mol. The topological polar surface area (TPSA) is 18.5 Å². The lowest BCUT2D eigenvalue weighted by Gasteiger charge is -2.30. The highest BCUT2D eigenvalue weighted by Gasteiger charge is 2.45. The summed E-state index contributed by atoms with van der Waals surface area (Å²) < 4.78 is 11.8. The van der Waals surface area contributed by atoms with E-state index in [1.165, 1.54) is 15.9 Å². The molecule has 0 unspecified atom stereocenters. The summed E-state index contributed by atoms with van der Waals surface area (Å²) in [6.07, 6.45) is 2.85. The summed E-state index contributed by atoms with van der Waals surface area (Å²) in [4.78, 5) is 0. The number of benzene rings is 3. The van der Waals surface area contributed by atoms with Crippen LogP contribution < -0.4 is 32.9 Å². The number of hydrogen-bond acceptors (Lipinski definition) is 2. The van der Waals surface area contributed by atoms with Crippen molar-refractivity contribution in [2.75, 3.05) is 19.4 Å². The Hall–Kier alpha value is -1.51. The third-order valence-corrected chi connectivity index (χ3v) is 9.66. The molecule has 0 spiro atoms. The summed E-state index contributed by atoms with van der Waals surface area (Å²) in [7, 11) is -1.78. The van der Waals surface area contributed by atoms with E-state index in [1.807, 2.05) is 0 Å². The van der Waals surface area contributed by atoms with Crippen LogP contribution in [0.4, 0.5) is 0 Å². The first-order valence-corrected chi connectivity index (χ1v) is 11.7. The fraction of sp³-hybridized carbons (Fsp3) is 0.250. The summed E-state index contributed by atoms with van der Waals surface area (Å²) in [5.41, 5.74) is 0. The van der Waals surface area contributed by atoms with Crippen LogP contribution in [0.15, 0.2) is 91.0 Å². The summed E-state index contributed by atoms with van der Waals surface area (Å²) in [5.74, 6) is 0. The van der Waals surface area contributed by atoms with Crippen molar-refractivity contribution in [3.8, 4) is 0 Å². The van der Waals surface area contributed by atoms with E-state index in [0.717, 1.165) is 32.2 Å². The van der Waals surface area contributed by atoms with Gasteiger partial charge in [0.05, 0.1) is 19.4 Å². The van der Waals surface area contributed by atoms with Crippen LogP contribution in [0.3, 0.4) is 0 Å². The van der Waals surface area contributed by atoms with Crippen LogP contribution in [0, 0.1) is 0 Å². The van der Waals surface area contributed by atoms with Crippen LogP contribution in [0.25, 0.3) is 0 Å². The predicted molar refractivity (Wildman–Crippen MR) is 115 cm³/mol. The molecule has 0 N–H and O–H groups in total. The SMILES string of the molecule is [Br-].c1ccc([P+](CCC2OCCCO2)(c2ccccc2)c2ccccc2)cc1. The minimum Gasteiger partial charge on any atom is -1.00 e. The van der Waals surface area contributed by atoms with Gasteiger partial charge in [-0.3, -0.25) is 0 Å². The third kappa shape index (κ3) is 4.55. The Morgan fingerprint density at radius 1 is 0.643 bits per heavy atom. The van der Waals surface area contributed by atoms with Crippen LogP contribution >= 0.6 is 7.26 Å². The summed E-state index contributed by atoms with van der Waals surface area (Å²) >= 11 is 0. The number of rotatable bonds is 6. The van der Waals surface area contributed by atoms with Gasteiger partial charge in [-0.1, -0.05) is 54.6 Å². The van der Waals surface area contributed by atoms with Crippen LogP contribution in [-0.2, 0) is 9.47 Å². The average molecular weight is 457 g/mol. The molecule has 3 aromatic rings. The molecule has 1 fully saturated rings.